The molecule has 9 aromatic rings. The van der Waals surface area contributed by atoms with Crippen molar-refractivity contribution in [2.24, 2.45) is 0 Å². The normalized spacial score (nSPS) is 16.6. The highest BCUT2D eigenvalue weighted by Crippen LogP contribution is 2.54. The molecular weight excluding hydrogens is 749 g/mol. The van der Waals surface area contributed by atoms with E-state index in [1.807, 2.05) is 0 Å². The maximum absolute atomic E-state index is 2.50. The summed E-state index contributed by atoms with van der Waals surface area (Å²) in [6, 6.07) is 70.3. The number of fused-ring (bicyclic) bond motifs is 8. The first kappa shape index (κ1) is 36.4. The fourth-order valence-electron chi connectivity index (χ4n) is 10.9. The molecule has 296 valence electrons. The summed E-state index contributed by atoms with van der Waals surface area (Å²) in [6.45, 7) is 7.02. The summed E-state index contributed by atoms with van der Waals surface area (Å²) in [5, 5.41) is 5.15. The zero-order valence-electron chi connectivity index (χ0n) is 35.3. The van der Waals surface area contributed by atoms with Crippen LogP contribution in [0.2, 0.25) is 0 Å². The average Bonchev–Trinajstić information content (AvgIpc) is 3.77. The maximum Gasteiger partial charge on any atom is 0.0629 e. The molecule has 3 aliphatic rings. The molecule has 0 N–H and O–H groups in total. The van der Waals surface area contributed by atoms with Gasteiger partial charge in [0.25, 0.3) is 0 Å². The molecule has 2 atom stereocenters. The molecule has 0 saturated heterocycles. The number of aryl methyl sites for hydroxylation is 1. The highest BCUT2D eigenvalue weighted by atomic mass is 15.2. The Bertz CT molecular complexity index is 3280. The van der Waals surface area contributed by atoms with Gasteiger partial charge in [0.1, 0.15) is 0 Å². The first-order valence-electron chi connectivity index (χ1n) is 21.9. The summed E-state index contributed by atoms with van der Waals surface area (Å²) in [5.74, 6) is 0.356. The van der Waals surface area contributed by atoms with E-state index in [4.69, 9.17) is 0 Å². The van der Waals surface area contributed by atoms with Crippen LogP contribution >= 0.6 is 0 Å². The lowest BCUT2D eigenvalue weighted by Gasteiger charge is -2.30. The van der Waals surface area contributed by atoms with Gasteiger partial charge >= 0.3 is 0 Å². The molecule has 2 heteroatoms. The van der Waals surface area contributed by atoms with Crippen molar-refractivity contribution < 1.29 is 0 Å². The fourth-order valence-corrected chi connectivity index (χ4v) is 10.9. The zero-order chi connectivity index (χ0) is 41.5. The van der Waals surface area contributed by atoms with E-state index in [0.717, 1.165) is 17.1 Å². The monoisotopic (exact) mass is 794 g/mol. The number of hydrogen-bond acceptors (Lipinski definition) is 2. The van der Waals surface area contributed by atoms with Crippen molar-refractivity contribution in [3.63, 3.8) is 0 Å². The van der Waals surface area contributed by atoms with Gasteiger partial charge in [-0.25, -0.2) is 0 Å². The quantitative estimate of drug-likeness (QED) is 0.155. The third-order valence-electron chi connectivity index (χ3n) is 13.8. The van der Waals surface area contributed by atoms with Crippen LogP contribution in [-0.4, -0.2) is 6.04 Å². The Balaban J connectivity index is 0.954. The van der Waals surface area contributed by atoms with Crippen molar-refractivity contribution in [1.82, 2.24) is 0 Å². The number of anilines is 5. The number of hydrogen-bond donors (Lipinski definition) is 0. The fraction of sp³-hybridized carbons (Fsp3) is 0.100. The van der Waals surface area contributed by atoms with Gasteiger partial charge in [0.05, 0.1) is 6.04 Å². The van der Waals surface area contributed by atoms with E-state index in [-0.39, 0.29) is 11.5 Å². The van der Waals surface area contributed by atoms with Gasteiger partial charge in [0.15, 0.2) is 0 Å². The van der Waals surface area contributed by atoms with Crippen LogP contribution in [0.1, 0.15) is 42.0 Å². The summed E-state index contributed by atoms with van der Waals surface area (Å²) in [5.41, 5.74) is 18.8. The molecule has 0 saturated carbocycles. The summed E-state index contributed by atoms with van der Waals surface area (Å²) in [7, 11) is 0. The van der Waals surface area contributed by atoms with Gasteiger partial charge in [-0.15, -0.1) is 0 Å². The lowest BCUT2D eigenvalue weighted by molar-refractivity contribution is 0.660. The highest BCUT2D eigenvalue weighted by Gasteiger charge is 2.38. The molecule has 0 radical (unpaired) electrons. The number of rotatable bonds is 6. The van der Waals surface area contributed by atoms with Crippen molar-refractivity contribution in [3.05, 3.63) is 235 Å². The predicted octanol–water partition coefficient (Wildman–Crippen LogP) is 16.1. The Morgan fingerprint density at radius 2 is 1.06 bits per heavy atom. The smallest absolute Gasteiger partial charge is 0.0629 e. The molecule has 1 heterocycles. The lowest BCUT2D eigenvalue weighted by atomic mass is 9.80. The second-order valence-electron chi connectivity index (χ2n) is 17.7. The number of nitrogens with zero attached hydrogens (tertiary/aromatic N) is 2. The molecule has 2 aliphatic carbocycles. The van der Waals surface area contributed by atoms with Gasteiger partial charge in [-0.05, 0) is 139 Å². The van der Waals surface area contributed by atoms with Gasteiger partial charge in [-0.3, -0.25) is 0 Å². The molecule has 62 heavy (non-hydrogen) atoms. The maximum atomic E-state index is 2.50. The van der Waals surface area contributed by atoms with Crippen LogP contribution < -0.4 is 9.80 Å². The predicted molar refractivity (Wildman–Crippen MR) is 263 cm³/mol. The largest absolute Gasteiger partial charge is 0.333 e. The number of allylic oxidation sites excluding steroid dienone is 2. The van der Waals surface area contributed by atoms with Crippen LogP contribution in [0.3, 0.4) is 0 Å². The Kier molecular flexibility index (Phi) is 8.27. The zero-order valence-corrected chi connectivity index (χ0v) is 35.3. The summed E-state index contributed by atoms with van der Waals surface area (Å²) in [4.78, 5) is 4.91. The van der Waals surface area contributed by atoms with Crippen LogP contribution in [0.4, 0.5) is 28.4 Å². The molecule has 2 nitrogen and oxygen atoms in total. The van der Waals surface area contributed by atoms with Gasteiger partial charge in [-0.2, -0.15) is 0 Å². The van der Waals surface area contributed by atoms with Gasteiger partial charge in [0, 0.05) is 39.8 Å². The molecule has 0 spiro atoms. The van der Waals surface area contributed by atoms with Gasteiger partial charge in [0.2, 0.25) is 0 Å². The first-order chi connectivity index (χ1) is 30.4. The molecule has 9 aromatic carbocycles. The van der Waals surface area contributed by atoms with Gasteiger partial charge < -0.3 is 9.80 Å². The minimum atomic E-state index is -0.226. The van der Waals surface area contributed by atoms with E-state index < -0.39 is 0 Å². The van der Waals surface area contributed by atoms with E-state index in [0.29, 0.717) is 5.92 Å². The second kappa shape index (κ2) is 14.1. The van der Waals surface area contributed by atoms with E-state index in [1.54, 1.807) is 0 Å². The van der Waals surface area contributed by atoms with E-state index in [1.165, 1.54) is 88.6 Å². The third kappa shape index (κ3) is 5.56. The Hall–Kier alpha value is -7.42. The lowest BCUT2D eigenvalue weighted by Crippen LogP contribution is -2.28. The number of para-hydroxylation sites is 2. The van der Waals surface area contributed by atoms with Crippen molar-refractivity contribution in [3.8, 4) is 33.4 Å². The first-order valence-corrected chi connectivity index (χ1v) is 21.9. The van der Waals surface area contributed by atoms with Crippen LogP contribution in [0.15, 0.2) is 212 Å². The number of benzene rings is 9. The molecule has 12 rings (SSSR count). The summed E-state index contributed by atoms with van der Waals surface area (Å²) >= 11 is 0. The SMILES string of the molecule is Cc1ccc2c(-c3ccccc3)c3ccccc3c(-c3ccc4c(c3)C(C)(C)c3cc(N(c5ccccc5)c5ccc(N6c7ccccc7C7C=CC=CC76)cc5)ccc3-4)c2c1. The second-order valence-corrected chi connectivity index (χ2v) is 17.7. The standard InChI is InChI=1S/C60H46N2/c1-39-26-33-52-53(36-39)59(51-23-11-10-22-50(51)58(52)40-16-6-4-7-17-40)41-27-34-46-47-35-32-45(38-55(47)60(2,3)54(46)37-41)61(42-18-8-5-9-19-42)43-28-30-44(31-29-43)62-56-24-14-12-20-48(56)49-21-13-15-25-57(49)62/h4-38,48,56H,1-3H3. The molecule has 1 aliphatic heterocycles. The van der Waals surface area contributed by atoms with Crippen molar-refractivity contribution in [1.29, 1.82) is 0 Å². The van der Waals surface area contributed by atoms with Crippen LogP contribution in [0, 0.1) is 6.92 Å². The van der Waals surface area contributed by atoms with Gasteiger partial charge in [-0.1, -0.05) is 171 Å². The molecule has 0 bridgehead atoms. The molecular formula is C60H46N2. The molecule has 0 aromatic heterocycles. The van der Waals surface area contributed by atoms with Crippen molar-refractivity contribution >= 4 is 50.0 Å². The van der Waals surface area contributed by atoms with E-state index in [2.05, 4.69) is 243 Å². The minimum Gasteiger partial charge on any atom is -0.333 e. The van der Waals surface area contributed by atoms with Crippen molar-refractivity contribution in [2.75, 3.05) is 9.80 Å². The highest BCUT2D eigenvalue weighted by molar-refractivity contribution is 6.21. The van der Waals surface area contributed by atoms with Crippen LogP contribution in [-0.2, 0) is 5.41 Å². The topological polar surface area (TPSA) is 6.48 Å². The Labute approximate surface area is 364 Å². The summed E-state index contributed by atoms with van der Waals surface area (Å²) < 4.78 is 0. The molecule has 0 fully saturated rings. The van der Waals surface area contributed by atoms with Crippen LogP contribution in [0.5, 0.6) is 0 Å². The van der Waals surface area contributed by atoms with Crippen LogP contribution in [0.25, 0.3) is 54.9 Å². The average molecular weight is 795 g/mol. The Morgan fingerprint density at radius 3 is 1.84 bits per heavy atom. The van der Waals surface area contributed by atoms with E-state index in [9.17, 15) is 0 Å². The molecule has 2 unspecified atom stereocenters. The third-order valence-corrected chi connectivity index (χ3v) is 13.8. The summed E-state index contributed by atoms with van der Waals surface area (Å²) in [6.07, 6.45) is 9.06. The van der Waals surface area contributed by atoms with Crippen molar-refractivity contribution in [2.45, 2.75) is 38.1 Å². The Morgan fingerprint density at radius 1 is 0.468 bits per heavy atom. The minimum absolute atomic E-state index is 0.226. The van der Waals surface area contributed by atoms with E-state index >= 15 is 0 Å². The molecule has 0 amide bonds.